The van der Waals surface area contributed by atoms with Crippen LogP contribution in [0, 0.1) is 17.3 Å². The first kappa shape index (κ1) is 10.6. The van der Waals surface area contributed by atoms with Crippen LogP contribution in [0.25, 0.3) is 0 Å². The van der Waals surface area contributed by atoms with Gasteiger partial charge >= 0.3 is 0 Å². The molecule has 2 N–H and O–H groups in total. The van der Waals surface area contributed by atoms with E-state index in [0.29, 0.717) is 17.8 Å². The van der Waals surface area contributed by atoms with E-state index in [1.165, 1.54) is 12.8 Å². The average Bonchev–Trinajstić information content (AvgIpc) is 1.78. The molecule has 1 fully saturated rings. The topological polar surface area (TPSA) is 43.1 Å². The molecule has 0 spiro atoms. The summed E-state index contributed by atoms with van der Waals surface area (Å²) in [6.45, 7) is 6.85. The molecule has 0 radical (unpaired) electrons. The lowest BCUT2D eigenvalue weighted by atomic mass is 9.67. The van der Waals surface area contributed by atoms with Crippen molar-refractivity contribution >= 4 is 5.91 Å². The van der Waals surface area contributed by atoms with Gasteiger partial charge in [0, 0.05) is 6.42 Å². The van der Waals surface area contributed by atoms with Crippen molar-refractivity contribution in [2.75, 3.05) is 0 Å². The average molecular weight is 183 g/mol. The molecule has 1 saturated carbocycles. The second-order valence-electron chi connectivity index (χ2n) is 5.45. The van der Waals surface area contributed by atoms with Crippen LogP contribution in [-0.2, 0) is 4.79 Å². The molecule has 1 aliphatic carbocycles. The predicted octanol–water partition coefficient (Wildman–Crippen LogP) is 2.32. The lowest BCUT2D eigenvalue weighted by Crippen LogP contribution is -2.30. The lowest BCUT2D eigenvalue weighted by molar-refractivity contribution is -0.119. The zero-order valence-electron chi connectivity index (χ0n) is 8.97. The van der Waals surface area contributed by atoms with Crippen LogP contribution in [0.3, 0.4) is 0 Å². The Bertz CT molecular complexity index is 198. The van der Waals surface area contributed by atoms with Crippen LogP contribution >= 0.6 is 0 Å². The largest absolute Gasteiger partial charge is 0.370 e. The minimum Gasteiger partial charge on any atom is -0.370 e. The van der Waals surface area contributed by atoms with E-state index in [1.807, 2.05) is 0 Å². The Morgan fingerprint density at radius 3 is 2.54 bits per heavy atom. The van der Waals surface area contributed by atoms with Crippen molar-refractivity contribution in [3.63, 3.8) is 0 Å². The van der Waals surface area contributed by atoms with Gasteiger partial charge in [-0.05, 0) is 36.5 Å². The lowest BCUT2D eigenvalue weighted by Gasteiger charge is -2.38. The van der Waals surface area contributed by atoms with Crippen molar-refractivity contribution in [2.45, 2.75) is 46.5 Å². The van der Waals surface area contributed by atoms with E-state index in [-0.39, 0.29) is 5.91 Å². The first-order chi connectivity index (χ1) is 5.89. The van der Waals surface area contributed by atoms with Gasteiger partial charge in [-0.15, -0.1) is 0 Å². The molecule has 0 aromatic heterocycles. The Morgan fingerprint density at radius 2 is 2.08 bits per heavy atom. The molecular formula is C11H21NO. The molecule has 1 amide bonds. The fourth-order valence-electron chi connectivity index (χ4n) is 2.98. The summed E-state index contributed by atoms with van der Waals surface area (Å²) in [5.74, 6) is 1.12. The number of rotatable bonds is 2. The second kappa shape index (κ2) is 3.69. The molecule has 0 aromatic rings. The highest BCUT2D eigenvalue weighted by atomic mass is 16.1. The highest BCUT2D eigenvalue weighted by Gasteiger charge is 2.32. The summed E-state index contributed by atoms with van der Waals surface area (Å²) < 4.78 is 0. The number of amides is 1. The Morgan fingerprint density at radius 1 is 1.46 bits per heavy atom. The van der Waals surface area contributed by atoms with Gasteiger partial charge in [0.15, 0.2) is 0 Å². The summed E-state index contributed by atoms with van der Waals surface area (Å²) in [5.41, 5.74) is 5.62. The van der Waals surface area contributed by atoms with Crippen LogP contribution in [0.15, 0.2) is 0 Å². The van der Waals surface area contributed by atoms with Crippen molar-refractivity contribution in [1.82, 2.24) is 0 Å². The maximum absolute atomic E-state index is 10.8. The number of carbonyl (C=O) groups excluding carboxylic acids is 1. The molecule has 13 heavy (non-hydrogen) atoms. The summed E-state index contributed by atoms with van der Waals surface area (Å²) in [6, 6.07) is 0. The van der Waals surface area contributed by atoms with Gasteiger partial charge in [-0.3, -0.25) is 4.79 Å². The van der Waals surface area contributed by atoms with Crippen molar-refractivity contribution in [2.24, 2.45) is 23.0 Å². The van der Waals surface area contributed by atoms with Crippen LogP contribution in [0.4, 0.5) is 0 Å². The third kappa shape index (κ3) is 3.37. The zero-order chi connectivity index (χ0) is 10.1. The molecule has 0 heterocycles. The minimum absolute atomic E-state index is 0.144. The SMILES string of the molecule is C[C@@H]1C[C@@H](CC(N)=O)CC(C)(C)C1. The van der Waals surface area contributed by atoms with Crippen molar-refractivity contribution in [1.29, 1.82) is 0 Å². The van der Waals surface area contributed by atoms with Crippen LogP contribution in [-0.4, -0.2) is 5.91 Å². The Kier molecular flexibility index (Phi) is 2.99. The molecule has 1 aliphatic rings. The van der Waals surface area contributed by atoms with Gasteiger partial charge in [0.2, 0.25) is 5.91 Å². The van der Waals surface area contributed by atoms with Crippen molar-refractivity contribution in [3.05, 3.63) is 0 Å². The van der Waals surface area contributed by atoms with Crippen molar-refractivity contribution < 1.29 is 4.79 Å². The molecule has 76 valence electrons. The Labute approximate surface area is 80.9 Å². The molecule has 1 rings (SSSR count). The van der Waals surface area contributed by atoms with E-state index < -0.39 is 0 Å². The van der Waals surface area contributed by atoms with Crippen LogP contribution < -0.4 is 5.73 Å². The first-order valence-electron chi connectivity index (χ1n) is 5.17. The zero-order valence-corrected chi connectivity index (χ0v) is 8.97. The molecule has 0 saturated heterocycles. The number of hydrogen-bond donors (Lipinski definition) is 1. The quantitative estimate of drug-likeness (QED) is 0.701. The summed E-state index contributed by atoms with van der Waals surface area (Å²) >= 11 is 0. The van der Waals surface area contributed by atoms with Gasteiger partial charge in [-0.25, -0.2) is 0 Å². The highest BCUT2D eigenvalue weighted by molar-refractivity contribution is 5.74. The fourth-order valence-corrected chi connectivity index (χ4v) is 2.98. The number of primary amides is 1. The van der Waals surface area contributed by atoms with Gasteiger partial charge in [0.25, 0.3) is 0 Å². The minimum atomic E-state index is -0.144. The molecule has 0 aliphatic heterocycles. The fraction of sp³-hybridized carbons (Fsp3) is 0.909. The standard InChI is InChI=1S/C11H21NO/c1-8-4-9(5-10(12)13)7-11(2,3)6-8/h8-9H,4-7H2,1-3H3,(H2,12,13)/t8-,9+/m1/s1. The predicted molar refractivity (Wildman–Crippen MR) is 54.1 cm³/mol. The van der Waals surface area contributed by atoms with E-state index in [4.69, 9.17) is 5.73 Å². The normalized spacial score (nSPS) is 32.8. The number of hydrogen-bond acceptors (Lipinski definition) is 1. The molecule has 0 aromatic carbocycles. The van der Waals surface area contributed by atoms with Gasteiger partial charge in [-0.2, -0.15) is 0 Å². The smallest absolute Gasteiger partial charge is 0.217 e. The van der Waals surface area contributed by atoms with Gasteiger partial charge in [-0.1, -0.05) is 20.8 Å². The number of carbonyl (C=O) groups is 1. The van der Waals surface area contributed by atoms with Gasteiger partial charge in [0.1, 0.15) is 0 Å². The maximum Gasteiger partial charge on any atom is 0.217 e. The summed E-state index contributed by atoms with van der Waals surface area (Å²) in [6.07, 6.45) is 4.18. The summed E-state index contributed by atoms with van der Waals surface area (Å²) in [5, 5.41) is 0. The van der Waals surface area contributed by atoms with Gasteiger partial charge < -0.3 is 5.73 Å². The van der Waals surface area contributed by atoms with E-state index in [9.17, 15) is 4.79 Å². The summed E-state index contributed by atoms with van der Waals surface area (Å²) in [7, 11) is 0. The maximum atomic E-state index is 10.8. The van der Waals surface area contributed by atoms with E-state index in [2.05, 4.69) is 20.8 Å². The second-order valence-corrected chi connectivity index (χ2v) is 5.45. The van der Waals surface area contributed by atoms with Crippen LogP contribution in [0.5, 0.6) is 0 Å². The molecule has 0 unspecified atom stereocenters. The Balaban J connectivity index is 2.52. The molecule has 0 bridgehead atoms. The third-order valence-electron chi connectivity index (χ3n) is 2.97. The van der Waals surface area contributed by atoms with Crippen LogP contribution in [0.2, 0.25) is 0 Å². The Hall–Kier alpha value is -0.530. The molecule has 2 atom stereocenters. The monoisotopic (exact) mass is 183 g/mol. The van der Waals surface area contributed by atoms with Crippen LogP contribution in [0.1, 0.15) is 46.5 Å². The third-order valence-corrected chi connectivity index (χ3v) is 2.97. The molecular weight excluding hydrogens is 162 g/mol. The number of nitrogens with two attached hydrogens (primary N) is 1. The summed E-state index contributed by atoms with van der Waals surface area (Å²) in [4.78, 5) is 10.8. The van der Waals surface area contributed by atoms with E-state index in [1.54, 1.807) is 0 Å². The van der Waals surface area contributed by atoms with Gasteiger partial charge in [0.05, 0.1) is 0 Å². The van der Waals surface area contributed by atoms with E-state index in [0.717, 1.165) is 12.3 Å². The van der Waals surface area contributed by atoms with Crippen molar-refractivity contribution in [3.8, 4) is 0 Å². The molecule has 2 heteroatoms. The highest BCUT2D eigenvalue weighted by Crippen LogP contribution is 2.42. The molecule has 2 nitrogen and oxygen atoms in total. The first-order valence-corrected chi connectivity index (χ1v) is 5.17. The van der Waals surface area contributed by atoms with E-state index >= 15 is 0 Å².